The van der Waals surface area contributed by atoms with Gasteiger partial charge < -0.3 is 10.2 Å². The van der Waals surface area contributed by atoms with Gasteiger partial charge in [-0.1, -0.05) is 12.1 Å². The lowest BCUT2D eigenvalue weighted by molar-refractivity contribution is 0.0785. The van der Waals surface area contributed by atoms with Gasteiger partial charge in [-0.05, 0) is 36.1 Å². The Hall–Kier alpha value is -2.01. The number of carbonyl (C=O) groups is 1. The number of nitrogens with one attached hydrogen (secondary N) is 1. The van der Waals surface area contributed by atoms with Crippen molar-refractivity contribution in [1.82, 2.24) is 9.88 Å². The average molecular weight is 301 g/mol. The lowest BCUT2D eigenvalue weighted by Crippen LogP contribution is -2.26. The maximum Gasteiger partial charge on any atom is 0.254 e. The largest absolute Gasteiger partial charge is 0.373 e. The second kappa shape index (κ2) is 7.13. The molecule has 2 aromatic rings. The summed E-state index contributed by atoms with van der Waals surface area (Å²) >= 11 is 1.70. The fourth-order valence-corrected chi connectivity index (χ4v) is 2.52. The molecule has 110 valence electrons. The van der Waals surface area contributed by atoms with Gasteiger partial charge in [0.2, 0.25) is 0 Å². The SMILES string of the molecule is CNc1cc(C(=O)N(C)Cc2cccc(SC)c2)ccn1. The molecule has 0 aliphatic carbocycles. The Morgan fingerprint density at radius 1 is 1.33 bits per heavy atom. The first-order valence-electron chi connectivity index (χ1n) is 6.66. The van der Waals surface area contributed by atoms with Crippen LogP contribution in [0.1, 0.15) is 15.9 Å². The molecule has 1 aromatic carbocycles. The fraction of sp³-hybridized carbons (Fsp3) is 0.250. The normalized spacial score (nSPS) is 10.2. The van der Waals surface area contributed by atoms with Crippen LogP contribution >= 0.6 is 11.8 Å². The van der Waals surface area contributed by atoms with Crippen LogP contribution in [-0.4, -0.2) is 36.1 Å². The van der Waals surface area contributed by atoms with Gasteiger partial charge in [0, 0.05) is 37.3 Å². The van der Waals surface area contributed by atoms with Crippen molar-refractivity contribution in [2.24, 2.45) is 0 Å². The van der Waals surface area contributed by atoms with Crippen molar-refractivity contribution in [2.45, 2.75) is 11.4 Å². The maximum atomic E-state index is 12.4. The van der Waals surface area contributed by atoms with Crippen molar-refractivity contribution in [3.8, 4) is 0 Å². The van der Waals surface area contributed by atoms with Crippen LogP contribution in [0.5, 0.6) is 0 Å². The number of pyridine rings is 1. The summed E-state index contributed by atoms with van der Waals surface area (Å²) in [6.07, 6.45) is 3.69. The van der Waals surface area contributed by atoms with Gasteiger partial charge in [0.25, 0.3) is 5.91 Å². The summed E-state index contributed by atoms with van der Waals surface area (Å²) in [5, 5.41) is 2.94. The molecule has 1 aromatic heterocycles. The minimum atomic E-state index is -0.0107. The van der Waals surface area contributed by atoms with Gasteiger partial charge in [0.1, 0.15) is 5.82 Å². The minimum Gasteiger partial charge on any atom is -0.373 e. The molecule has 0 unspecified atom stereocenters. The molecule has 0 aliphatic rings. The lowest BCUT2D eigenvalue weighted by Gasteiger charge is -2.18. The Balaban J connectivity index is 2.11. The van der Waals surface area contributed by atoms with Gasteiger partial charge in [-0.2, -0.15) is 0 Å². The molecule has 4 nitrogen and oxygen atoms in total. The van der Waals surface area contributed by atoms with E-state index >= 15 is 0 Å². The first-order valence-corrected chi connectivity index (χ1v) is 7.88. The molecule has 0 fully saturated rings. The molecule has 21 heavy (non-hydrogen) atoms. The van der Waals surface area contributed by atoms with E-state index in [1.54, 1.807) is 42.0 Å². The molecule has 1 N–H and O–H groups in total. The predicted molar refractivity (Wildman–Crippen MR) is 87.8 cm³/mol. The van der Waals surface area contributed by atoms with Crippen LogP contribution in [0.4, 0.5) is 5.82 Å². The van der Waals surface area contributed by atoms with Crippen molar-refractivity contribution in [3.05, 3.63) is 53.7 Å². The number of benzene rings is 1. The molecule has 5 heteroatoms. The number of carbonyl (C=O) groups excluding carboxylic acids is 1. The van der Waals surface area contributed by atoms with E-state index in [-0.39, 0.29) is 5.91 Å². The van der Waals surface area contributed by atoms with Gasteiger partial charge in [-0.3, -0.25) is 4.79 Å². The average Bonchev–Trinajstić information content (AvgIpc) is 2.54. The molecule has 0 radical (unpaired) electrons. The molecular formula is C16H19N3OS. The Labute approximate surface area is 129 Å². The highest BCUT2D eigenvalue weighted by Gasteiger charge is 2.12. The van der Waals surface area contributed by atoms with E-state index in [4.69, 9.17) is 0 Å². The first-order chi connectivity index (χ1) is 10.1. The van der Waals surface area contributed by atoms with Gasteiger partial charge in [-0.15, -0.1) is 11.8 Å². The number of aromatic nitrogens is 1. The Morgan fingerprint density at radius 2 is 2.14 bits per heavy atom. The summed E-state index contributed by atoms with van der Waals surface area (Å²) in [6.45, 7) is 0.588. The van der Waals surface area contributed by atoms with E-state index in [9.17, 15) is 4.79 Å². The van der Waals surface area contributed by atoms with Crippen LogP contribution in [-0.2, 0) is 6.54 Å². The third-order valence-corrected chi connectivity index (χ3v) is 3.89. The molecule has 2 rings (SSSR count). The van der Waals surface area contributed by atoms with E-state index < -0.39 is 0 Å². The molecule has 1 amide bonds. The van der Waals surface area contributed by atoms with Crippen molar-refractivity contribution < 1.29 is 4.79 Å². The highest BCUT2D eigenvalue weighted by molar-refractivity contribution is 7.98. The highest BCUT2D eigenvalue weighted by Crippen LogP contribution is 2.17. The van der Waals surface area contributed by atoms with Gasteiger partial charge in [-0.25, -0.2) is 4.98 Å². The second-order valence-electron chi connectivity index (χ2n) is 4.69. The summed E-state index contributed by atoms with van der Waals surface area (Å²) in [5.41, 5.74) is 1.76. The van der Waals surface area contributed by atoms with Crippen molar-refractivity contribution in [2.75, 3.05) is 25.7 Å². The molecule has 0 atom stereocenters. The zero-order valence-corrected chi connectivity index (χ0v) is 13.3. The van der Waals surface area contributed by atoms with E-state index in [1.807, 2.05) is 25.4 Å². The zero-order chi connectivity index (χ0) is 15.2. The van der Waals surface area contributed by atoms with Crippen LogP contribution in [0.2, 0.25) is 0 Å². The summed E-state index contributed by atoms with van der Waals surface area (Å²) < 4.78 is 0. The summed E-state index contributed by atoms with van der Waals surface area (Å²) in [7, 11) is 3.60. The first kappa shape index (κ1) is 15.4. The van der Waals surface area contributed by atoms with E-state index in [1.165, 1.54) is 4.90 Å². The summed E-state index contributed by atoms with van der Waals surface area (Å²) in [5.74, 6) is 0.682. The molecule has 1 heterocycles. The minimum absolute atomic E-state index is 0.0107. The van der Waals surface area contributed by atoms with Gasteiger partial charge in [0.15, 0.2) is 0 Å². The van der Waals surface area contributed by atoms with Gasteiger partial charge >= 0.3 is 0 Å². The van der Waals surface area contributed by atoms with Crippen molar-refractivity contribution in [3.63, 3.8) is 0 Å². The third-order valence-electron chi connectivity index (χ3n) is 3.16. The number of thioether (sulfide) groups is 1. The van der Waals surface area contributed by atoms with E-state index in [0.717, 1.165) is 5.56 Å². The van der Waals surface area contributed by atoms with Crippen LogP contribution in [0.25, 0.3) is 0 Å². The molecule has 0 saturated carbocycles. The van der Waals surface area contributed by atoms with Crippen molar-refractivity contribution >= 4 is 23.5 Å². The van der Waals surface area contributed by atoms with Gasteiger partial charge in [0.05, 0.1) is 0 Å². The zero-order valence-electron chi connectivity index (χ0n) is 12.5. The Bertz CT molecular complexity index is 630. The molecule has 0 spiro atoms. The van der Waals surface area contributed by atoms with Crippen LogP contribution in [0.3, 0.4) is 0 Å². The third kappa shape index (κ3) is 3.98. The number of amides is 1. The molecule has 0 aliphatic heterocycles. The second-order valence-corrected chi connectivity index (χ2v) is 5.57. The topological polar surface area (TPSA) is 45.2 Å². The number of anilines is 1. The Morgan fingerprint density at radius 3 is 2.86 bits per heavy atom. The smallest absolute Gasteiger partial charge is 0.254 e. The predicted octanol–water partition coefficient (Wildman–Crippen LogP) is 3.12. The van der Waals surface area contributed by atoms with E-state index in [2.05, 4.69) is 22.4 Å². The Kier molecular flexibility index (Phi) is 5.22. The fourth-order valence-electron chi connectivity index (χ4n) is 2.04. The van der Waals surface area contributed by atoms with Crippen molar-refractivity contribution in [1.29, 1.82) is 0 Å². The maximum absolute atomic E-state index is 12.4. The number of rotatable bonds is 5. The monoisotopic (exact) mass is 301 g/mol. The molecule has 0 bridgehead atoms. The molecular weight excluding hydrogens is 282 g/mol. The molecule has 0 saturated heterocycles. The lowest BCUT2D eigenvalue weighted by atomic mass is 10.2. The van der Waals surface area contributed by atoms with Crippen LogP contribution in [0, 0.1) is 0 Å². The standard InChI is InChI=1S/C16H19N3OS/c1-17-15-10-13(7-8-18-15)16(20)19(2)11-12-5-4-6-14(9-12)21-3/h4-10H,11H2,1-3H3,(H,17,18). The highest BCUT2D eigenvalue weighted by atomic mass is 32.2. The van der Waals surface area contributed by atoms with E-state index in [0.29, 0.717) is 17.9 Å². The quantitative estimate of drug-likeness (QED) is 0.862. The van der Waals surface area contributed by atoms with Crippen LogP contribution < -0.4 is 5.32 Å². The number of nitrogens with zero attached hydrogens (tertiary/aromatic N) is 2. The van der Waals surface area contributed by atoms with Crippen LogP contribution in [0.15, 0.2) is 47.5 Å². The number of hydrogen-bond acceptors (Lipinski definition) is 4. The summed E-state index contributed by atoms with van der Waals surface area (Å²) in [4.78, 5) is 19.5. The number of hydrogen-bond donors (Lipinski definition) is 1. The summed E-state index contributed by atoms with van der Waals surface area (Å²) in [6, 6.07) is 11.7.